The van der Waals surface area contributed by atoms with Gasteiger partial charge in [-0.05, 0) is 12.1 Å². The summed E-state index contributed by atoms with van der Waals surface area (Å²) in [5, 5.41) is 2.70. The van der Waals surface area contributed by atoms with Gasteiger partial charge in [-0.25, -0.2) is 9.55 Å². The second-order valence-corrected chi connectivity index (χ2v) is 10.0. The van der Waals surface area contributed by atoms with Crippen LogP contribution in [0.4, 0.5) is 0 Å². The van der Waals surface area contributed by atoms with Gasteiger partial charge in [-0.15, -0.1) is 0 Å². The molecule has 0 aliphatic carbocycles. The Morgan fingerprint density at radius 3 is 2.07 bits per heavy atom. The molecule has 2 heterocycles. The first kappa shape index (κ1) is 19.9. The van der Waals surface area contributed by atoms with Crippen molar-refractivity contribution >= 4 is 15.3 Å². The summed E-state index contributed by atoms with van der Waals surface area (Å²) < 4.78 is 48.7. The van der Waals surface area contributed by atoms with E-state index in [9.17, 15) is 9.13 Å². The third-order valence-electron chi connectivity index (χ3n) is 4.39. The van der Waals surface area contributed by atoms with Crippen LogP contribution in [0.25, 0.3) is 11.1 Å². The Balaban J connectivity index is 1.80. The van der Waals surface area contributed by atoms with Crippen molar-refractivity contribution in [1.82, 2.24) is 15.1 Å². The predicted octanol–water partition coefficient (Wildman–Crippen LogP) is 4.73. The fraction of sp³-hybridized carbons (Fsp3) is 0.167. The molecule has 0 bridgehead atoms. The summed E-state index contributed by atoms with van der Waals surface area (Å²) in [5.41, 5.74) is 1.44. The SMILES string of the molecule is COP(=O)(OC)C(NP1(=O)Oc2ccccc2-c2ccccc2O1)c1ncc[nH]1. The topological polar surface area (TPSA) is 112 Å². The molecule has 1 aliphatic rings. The van der Waals surface area contributed by atoms with Crippen LogP contribution in [-0.4, -0.2) is 24.2 Å². The molecule has 0 fully saturated rings. The Bertz CT molecular complexity index is 1040. The van der Waals surface area contributed by atoms with E-state index in [1.807, 2.05) is 24.3 Å². The van der Waals surface area contributed by atoms with Gasteiger partial charge >= 0.3 is 15.3 Å². The van der Waals surface area contributed by atoms with Crippen molar-refractivity contribution in [3.8, 4) is 22.6 Å². The summed E-state index contributed by atoms with van der Waals surface area (Å²) >= 11 is 0. The Hall–Kier alpha value is -2.41. The van der Waals surface area contributed by atoms with Gasteiger partial charge < -0.3 is 23.1 Å². The zero-order chi connectivity index (χ0) is 20.5. The zero-order valence-electron chi connectivity index (χ0n) is 15.6. The van der Waals surface area contributed by atoms with Crippen molar-refractivity contribution in [2.75, 3.05) is 14.2 Å². The highest BCUT2D eigenvalue weighted by atomic mass is 31.2. The number of benzene rings is 2. The summed E-state index contributed by atoms with van der Waals surface area (Å²) in [5.74, 6) is -0.312. The number of nitrogens with zero attached hydrogens (tertiary/aromatic N) is 1. The number of hydrogen-bond acceptors (Lipinski definition) is 7. The number of H-pyrrole nitrogens is 1. The maximum absolute atomic E-state index is 13.7. The van der Waals surface area contributed by atoms with E-state index in [-0.39, 0.29) is 5.82 Å². The molecule has 2 aromatic carbocycles. The van der Waals surface area contributed by atoms with Crippen LogP contribution >= 0.6 is 15.3 Å². The van der Waals surface area contributed by atoms with E-state index in [1.54, 1.807) is 24.3 Å². The number of para-hydroxylation sites is 2. The number of nitrogens with one attached hydrogen (secondary N) is 2. The van der Waals surface area contributed by atoms with Crippen molar-refractivity contribution in [3.05, 3.63) is 66.7 Å². The second-order valence-electron chi connectivity index (χ2n) is 6.08. The normalized spacial score (nSPS) is 15.9. The minimum atomic E-state index is -4.08. The molecule has 0 radical (unpaired) electrons. The molecule has 9 nitrogen and oxygen atoms in total. The maximum atomic E-state index is 13.7. The lowest BCUT2D eigenvalue weighted by Crippen LogP contribution is -2.25. The maximum Gasteiger partial charge on any atom is 0.514 e. The minimum absolute atomic E-state index is 0.199. The van der Waals surface area contributed by atoms with E-state index in [0.717, 1.165) is 11.1 Å². The lowest BCUT2D eigenvalue weighted by molar-refractivity contribution is 0.259. The predicted molar refractivity (Wildman–Crippen MR) is 107 cm³/mol. The van der Waals surface area contributed by atoms with E-state index in [2.05, 4.69) is 15.1 Å². The fourth-order valence-corrected chi connectivity index (χ4v) is 6.41. The lowest BCUT2D eigenvalue weighted by atomic mass is 10.0. The molecule has 0 saturated heterocycles. The number of fused-ring (bicyclic) bond motifs is 3. The van der Waals surface area contributed by atoms with Crippen LogP contribution in [0, 0.1) is 0 Å². The van der Waals surface area contributed by atoms with Gasteiger partial charge in [-0.2, -0.15) is 5.09 Å². The summed E-state index contributed by atoms with van der Waals surface area (Å²) in [6.45, 7) is 0. The summed E-state index contributed by atoms with van der Waals surface area (Å²) in [6, 6.07) is 14.3. The zero-order valence-corrected chi connectivity index (χ0v) is 17.4. The summed E-state index contributed by atoms with van der Waals surface area (Å²) in [4.78, 5) is 6.94. The van der Waals surface area contributed by atoms with Crippen molar-refractivity contribution in [3.63, 3.8) is 0 Å². The molecular weight excluding hydrogens is 416 g/mol. The second kappa shape index (κ2) is 7.78. The van der Waals surface area contributed by atoms with E-state index in [4.69, 9.17) is 18.1 Å². The van der Waals surface area contributed by atoms with Gasteiger partial charge in [0.25, 0.3) is 0 Å². The van der Waals surface area contributed by atoms with Crippen LogP contribution in [0.3, 0.4) is 0 Å². The van der Waals surface area contributed by atoms with Gasteiger partial charge in [0.05, 0.1) is 0 Å². The highest BCUT2D eigenvalue weighted by Crippen LogP contribution is 2.63. The molecular formula is C18H19N3O6P2. The molecule has 11 heteroatoms. The van der Waals surface area contributed by atoms with Crippen LogP contribution in [-0.2, 0) is 18.2 Å². The van der Waals surface area contributed by atoms with Crippen molar-refractivity contribution in [2.24, 2.45) is 0 Å². The molecule has 4 rings (SSSR count). The van der Waals surface area contributed by atoms with E-state index >= 15 is 0 Å². The Morgan fingerprint density at radius 2 is 1.59 bits per heavy atom. The van der Waals surface area contributed by atoms with E-state index in [1.165, 1.54) is 26.6 Å². The number of aromatic amines is 1. The average Bonchev–Trinajstić information content (AvgIpc) is 3.23. The van der Waals surface area contributed by atoms with Gasteiger partial charge in [0.1, 0.15) is 17.3 Å². The van der Waals surface area contributed by atoms with Gasteiger partial charge in [-0.1, -0.05) is 36.4 Å². The summed E-state index contributed by atoms with van der Waals surface area (Å²) in [6.07, 6.45) is 3.00. The standard InChI is InChI=1S/C18H19N3O6P2/c1-24-28(22,25-2)18(17-19-11-12-20-17)21-29(23)26-15-9-5-3-7-13(15)14-8-4-6-10-16(14)27-29/h3-12,18H,1-2H3,(H,19,20)(H,21,23). The smallest absolute Gasteiger partial charge is 0.404 e. The molecule has 2 N–H and O–H groups in total. The lowest BCUT2D eigenvalue weighted by Gasteiger charge is -2.27. The molecule has 0 saturated carbocycles. The Morgan fingerprint density at radius 1 is 1.03 bits per heavy atom. The molecule has 1 aromatic heterocycles. The van der Waals surface area contributed by atoms with Gasteiger partial charge in [0, 0.05) is 37.7 Å². The number of imidazole rings is 1. The van der Waals surface area contributed by atoms with E-state index in [0.29, 0.717) is 11.5 Å². The van der Waals surface area contributed by atoms with Crippen molar-refractivity contribution in [2.45, 2.75) is 5.78 Å². The van der Waals surface area contributed by atoms with Gasteiger partial charge in [0.15, 0.2) is 5.78 Å². The first-order chi connectivity index (χ1) is 14.0. The molecule has 1 atom stereocenters. The third kappa shape index (κ3) is 3.75. The monoisotopic (exact) mass is 435 g/mol. The molecule has 3 aromatic rings. The number of aromatic nitrogens is 2. The van der Waals surface area contributed by atoms with Crippen LogP contribution < -0.4 is 14.1 Å². The minimum Gasteiger partial charge on any atom is -0.404 e. The first-order valence-corrected chi connectivity index (χ1v) is 11.8. The largest absolute Gasteiger partial charge is 0.514 e. The first-order valence-electron chi connectivity index (χ1n) is 8.64. The van der Waals surface area contributed by atoms with Gasteiger partial charge in [-0.3, -0.25) is 4.57 Å². The van der Waals surface area contributed by atoms with Gasteiger partial charge in [0.2, 0.25) is 0 Å². The number of hydrogen-bond donors (Lipinski definition) is 2. The molecule has 152 valence electrons. The van der Waals surface area contributed by atoms with Crippen molar-refractivity contribution in [1.29, 1.82) is 0 Å². The third-order valence-corrected chi connectivity index (χ3v) is 8.06. The molecule has 29 heavy (non-hydrogen) atoms. The molecule has 0 amide bonds. The Kier molecular flexibility index (Phi) is 5.34. The quantitative estimate of drug-likeness (QED) is 0.535. The van der Waals surface area contributed by atoms with Crippen LogP contribution in [0.5, 0.6) is 11.5 Å². The highest BCUT2D eigenvalue weighted by molar-refractivity contribution is 7.57. The van der Waals surface area contributed by atoms with Crippen molar-refractivity contribution < 1.29 is 27.2 Å². The van der Waals surface area contributed by atoms with Crippen LogP contribution in [0.15, 0.2) is 60.9 Å². The molecule has 1 unspecified atom stereocenters. The fourth-order valence-electron chi connectivity index (χ4n) is 3.01. The van der Waals surface area contributed by atoms with Crippen LogP contribution in [0.2, 0.25) is 0 Å². The molecule has 1 aliphatic heterocycles. The van der Waals surface area contributed by atoms with E-state index < -0.39 is 21.1 Å². The van der Waals surface area contributed by atoms with Crippen LogP contribution in [0.1, 0.15) is 11.6 Å². The number of rotatable bonds is 6. The highest BCUT2D eigenvalue weighted by Gasteiger charge is 2.46. The molecule has 0 spiro atoms. The average molecular weight is 435 g/mol. The summed E-state index contributed by atoms with van der Waals surface area (Å²) in [7, 11) is -5.43. The Labute approximate surface area is 167 Å².